The first-order valence-corrected chi connectivity index (χ1v) is 3.84. The molecule has 0 fully saturated rings. The maximum Gasteiger partial charge on any atom is 0.234 e. The molecule has 0 aromatic carbocycles. The maximum absolute atomic E-state index is 9.65. The van der Waals surface area contributed by atoms with Crippen molar-refractivity contribution in [2.24, 2.45) is 10.9 Å². The molecule has 1 unspecified atom stereocenters. The number of rotatable bonds is 5. The summed E-state index contributed by atoms with van der Waals surface area (Å²) in [6.45, 7) is 4.99. The highest BCUT2D eigenvalue weighted by molar-refractivity contribution is 5.32. The van der Waals surface area contributed by atoms with Gasteiger partial charge < -0.3 is 0 Å². The van der Waals surface area contributed by atoms with Gasteiger partial charge in [-0.05, 0) is 12.3 Å². The predicted molar refractivity (Wildman–Crippen MR) is 41.7 cm³/mol. The van der Waals surface area contributed by atoms with Crippen molar-refractivity contribution in [3.63, 3.8) is 0 Å². The number of carbonyl (C=O) groups excluding carboxylic acids is 1. The summed E-state index contributed by atoms with van der Waals surface area (Å²) in [5.41, 5.74) is 0. The summed E-state index contributed by atoms with van der Waals surface area (Å²) in [6.07, 6.45) is 5.00. The third-order valence-electron chi connectivity index (χ3n) is 1.58. The van der Waals surface area contributed by atoms with Crippen LogP contribution in [0.4, 0.5) is 0 Å². The lowest BCUT2D eigenvalue weighted by Gasteiger charge is -2.05. The molecule has 0 radical (unpaired) electrons. The molecule has 58 valence electrons. The second-order valence-electron chi connectivity index (χ2n) is 2.66. The molecule has 0 heterocycles. The summed E-state index contributed by atoms with van der Waals surface area (Å²) in [6, 6.07) is 0. The molecular formula is C8H15NO. The Balaban J connectivity index is 3.20. The Labute approximate surface area is 62.4 Å². The minimum Gasteiger partial charge on any atom is -0.211 e. The minimum absolute atomic E-state index is 0.644. The predicted octanol–water partition coefficient (Wildman–Crippen LogP) is 2.15. The van der Waals surface area contributed by atoms with E-state index < -0.39 is 0 Å². The van der Waals surface area contributed by atoms with Gasteiger partial charge in [0.2, 0.25) is 6.08 Å². The summed E-state index contributed by atoms with van der Waals surface area (Å²) in [5.74, 6) is 0.696. The van der Waals surface area contributed by atoms with Crippen molar-refractivity contribution in [3.05, 3.63) is 0 Å². The van der Waals surface area contributed by atoms with Gasteiger partial charge in [0.25, 0.3) is 0 Å². The zero-order chi connectivity index (χ0) is 7.82. The molecule has 0 N–H and O–H groups in total. The number of isocyanates is 1. The number of hydrogen-bond donors (Lipinski definition) is 0. The van der Waals surface area contributed by atoms with Crippen LogP contribution in [0.15, 0.2) is 4.99 Å². The highest BCUT2D eigenvalue weighted by Crippen LogP contribution is 2.08. The summed E-state index contributed by atoms with van der Waals surface area (Å²) in [5, 5.41) is 0. The van der Waals surface area contributed by atoms with Crippen molar-refractivity contribution in [1.82, 2.24) is 0 Å². The van der Waals surface area contributed by atoms with Gasteiger partial charge in [0.15, 0.2) is 0 Å². The highest BCUT2D eigenvalue weighted by atomic mass is 16.1. The van der Waals surface area contributed by atoms with E-state index in [0.717, 1.165) is 6.42 Å². The van der Waals surface area contributed by atoms with E-state index in [1.165, 1.54) is 12.8 Å². The molecule has 0 spiro atoms. The van der Waals surface area contributed by atoms with Crippen LogP contribution in [0.25, 0.3) is 0 Å². The quantitative estimate of drug-likeness (QED) is 0.426. The monoisotopic (exact) mass is 141 g/mol. The van der Waals surface area contributed by atoms with Gasteiger partial charge in [0, 0.05) is 0 Å². The van der Waals surface area contributed by atoms with E-state index in [2.05, 4.69) is 18.8 Å². The van der Waals surface area contributed by atoms with Gasteiger partial charge in [0.05, 0.1) is 6.54 Å². The Bertz CT molecular complexity index is 116. The molecule has 0 bridgehead atoms. The van der Waals surface area contributed by atoms with E-state index >= 15 is 0 Å². The second kappa shape index (κ2) is 6.50. The van der Waals surface area contributed by atoms with Gasteiger partial charge >= 0.3 is 0 Å². The molecule has 2 nitrogen and oxygen atoms in total. The Morgan fingerprint density at radius 2 is 2.20 bits per heavy atom. The van der Waals surface area contributed by atoms with Gasteiger partial charge in [-0.15, -0.1) is 0 Å². The van der Waals surface area contributed by atoms with Gasteiger partial charge in [-0.2, -0.15) is 0 Å². The number of nitrogens with zero attached hydrogens (tertiary/aromatic N) is 1. The normalized spacial score (nSPS) is 12.2. The van der Waals surface area contributed by atoms with Crippen LogP contribution < -0.4 is 0 Å². The SMILES string of the molecule is CCCC(C)CCN=C=O. The second-order valence-corrected chi connectivity index (χ2v) is 2.66. The summed E-state index contributed by atoms with van der Waals surface area (Å²) >= 11 is 0. The van der Waals surface area contributed by atoms with Crippen molar-refractivity contribution in [1.29, 1.82) is 0 Å². The first-order chi connectivity index (χ1) is 4.81. The fraction of sp³-hybridized carbons (Fsp3) is 0.875. The molecule has 0 saturated carbocycles. The van der Waals surface area contributed by atoms with E-state index in [4.69, 9.17) is 0 Å². The van der Waals surface area contributed by atoms with E-state index in [9.17, 15) is 4.79 Å². The van der Waals surface area contributed by atoms with Gasteiger partial charge in [-0.1, -0.05) is 26.7 Å². The molecule has 1 atom stereocenters. The highest BCUT2D eigenvalue weighted by Gasteiger charge is 1.97. The summed E-state index contributed by atoms with van der Waals surface area (Å²) in [7, 11) is 0. The van der Waals surface area contributed by atoms with E-state index in [1.807, 2.05) is 0 Å². The standard InChI is InChI=1S/C8H15NO/c1-3-4-8(2)5-6-9-7-10/h8H,3-6H2,1-2H3. The summed E-state index contributed by atoms with van der Waals surface area (Å²) in [4.78, 5) is 13.1. The molecule has 0 aromatic rings. The zero-order valence-corrected chi connectivity index (χ0v) is 6.76. The van der Waals surface area contributed by atoms with Crippen LogP contribution in [-0.4, -0.2) is 12.6 Å². The third-order valence-corrected chi connectivity index (χ3v) is 1.58. The molecule has 0 aliphatic rings. The molecule has 0 aromatic heterocycles. The van der Waals surface area contributed by atoms with Crippen LogP contribution in [0.2, 0.25) is 0 Å². The van der Waals surface area contributed by atoms with Crippen LogP contribution in [0.1, 0.15) is 33.1 Å². The third kappa shape index (κ3) is 5.52. The van der Waals surface area contributed by atoms with Crippen molar-refractivity contribution in [2.75, 3.05) is 6.54 Å². The van der Waals surface area contributed by atoms with E-state index in [-0.39, 0.29) is 0 Å². The van der Waals surface area contributed by atoms with Gasteiger partial charge in [-0.25, -0.2) is 9.79 Å². The smallest absolute Gasteiger partial charge is 0.211 e. The maximum atomic E-state index is 9.65. The van der Waals surface area contributed by atoms with Crippen molar-refractivity contribution in [3.8, 4) is 0 Å². The van der Waals surface area contributed by atoms with Gasteiger partial charge in [0.1, 0.15) is 0 Å². The first-order valence-electron chi connectivity index (χ1n) is 3.84. The molecule has 0 amide bonds. The first kappa shape index (κ1) is 9.38. The molecule has 0 rings (SSSR count). The minimum atomic E-state index is 0.644. The average Bonchev–Trinajstić information content (AvgIpc) is 1.89. The van der Waals surface area contributed by atoms with E-state index in [0.29, 0.717) is 12.5 Å². The number of aliphatic imine (C=N–C) groups is 1. The van der Waals surface area contributed by atoms with Crippen molar-refractivity contribution >= 4 is 6.08 Å². The Morgan fingerprint density at radius 3 is 2.70 bits per heavy atom. The van der Waals surface area contributed by atoms with Crippen molar-refractivity contribution in [2.45, 2.75) is 33.1 Å². The lowest BCUT2D eigenvalue weighted by molar-refractivity contribution is 0.491. The zero-order valence-electron chi connectivity index (χ0n) is 6.76. The largest absolute Gasteiger partial charge is 0.234 e. The fourth-order valence-corrected chi connectivity index (χ4v) is 0.968. The lowest BCUT2D eigenvalue weighted by atomic mass is 10.0. The lowest BCUT2D eigenvalue weighted by Crippen LogP contribution is -1.95. The Morgan fingerprint density at radius 1 is 1.50 bits per heavy atom. The van der Waals surface area contributed by atoms with Crippen LogP contribution in [0.3, 0.4) is 0 Å². The molecule has 0 aliphatic heterocycles. The van der Waals surface area contributed by atoms with E-state index in [1.54, 1.807) is 6.08 Å². The molecule has 10 heavy (non-hydrogen) atoms. The topological polar surface area (TPSA) is 29.4 Å². The van der Waals surface area contributed by atoms with Crippen LogP contribution in [0.5, 0.6) is 0 Å². The number of hydrogen-bond acceptors (Lipinski definition) is 2. The molecule has 0 saturated heterocycles. The van der Waals surface area contributed by atoms with Gasteiger partial charge in [-0.3, -0.25) is 0 Å². The van der Waals surface area contributed by atoms with Crippen molar-refractivity contribution < 1.29 is 4.79 Å². The Kier molecular flexibility index (Phi) is 6.10. The fourth-order valence-electron chi connectivity index (χ4n) is 0.968. The van der Waals surface area contributed by atoms with Crippen LogP contribution in [-0.2, 0) is 4.79 Å². The molecular weight excluding hydrogens is 126 g/mol. The van der Waals surface area contributed by atoms with Crippen LogP contribution in [0, 0.1) is 5.92 Å². The molecule has 2 heteroatoms. The van der Waals surface area contributed by atoms with Crippen LogP contribution >= 0.6 is 0 Å². The molecule has 0 aliphatic carbocycles. The Hall–Kier alpha value is -0.620. The average molecular weight is 141 g/mol. The summed E-state index contributed by atoms with van der Waals surface area (Å²) < 4.78 is 0.